The van der Waals surface area contributed by atoms with E-state index in [1.807, 2.05) is 23.1 Å². The van der Waals surface area contributed by atoms with Crippen LogP contribution in [0.15, 0.2) is 30.6 Å². The molecule has 2 aliphatic rings. The fraction of sp³-hybridized carbons (Fsp3) is 0.524. The van der Waals surface area contributed by atoms with Crippen molar-refractivity contribution in [2.75, 3.05) is 54.5 Å². The Kier molecular flexibility index (Phi) is 5.90. The van der Waals surface area contributed by atoms with Gasteiger partial charge in [0.2, 0.25) is 0 Å². The number of ether oxygens (including phenoxy) is 1. The van der Waals surface area contributed by atoms with Gasteiger partial charge in [-0.1, -0.05) is 13.0 Å². The lowest BCUT2D eigenvalue weighted by molar-refractivity contribution is 0.122. The van der Waals surface area contributed by atoms with Gasteiger partial charge in [0.05, 0.1) is 18.9 Å². The van der Waals surface area contributed by atoms with E-state index in [4.69, 9.17) is 4.74 Å². The molecule has 0 saturated carbocycles. The third-order valence-corrected chi connectivity index (χ3v) is 5.47. The molecule has 2 aliphatic heterocycles. The molecule has 7 heteroatoms. The molecule has 0 radical (unpaired) electrons. The van der Waals surface area contributed by atoms with Crippen molar-refractivity contribution in [2.24, 2.45) is 5.92 Å². The molecule has 2 aromatic rings. The molecule has 150 valence electrons. The van der Waals surface area contributed by atoms with Gasteiger partial charge in [0.25, 0.3) is 0 Å². The minimum Gasteiger partial charge on any atom is -0.378 e. The van der Waals surface area contributed by atoms with E-state index in [9.17, 15) is 4.39 Å². The van der Waals surface area contributed by atoms with Crippen molar-refractivity contribution in [1.29, 1.82) is 0 Å². The van der Waals surface area contributed by atoms with Gasteiger partial charge in [0, 0.05) is 38.8 Å². The summed E-state index contributed by atoms with van der Waals surface area (Å²) >= 11 is 0. The Bertz CT molecular complexity index is 796. The van der Waals surface area contributed by atoms with Crippen LogP contribution in [-0.4, -0.2) is 49.4 Å². The van der Waals surface area contributed by atoms with Crippen molar-refractivity contribution in [2.45, 2.75) is 26.3 Å². The van der Waals surface area contributed by atoms with E-state index in [1.54, 1.807) is 12.4 Å². The molecule has 2 fully saturated rings. The van der Waals surface area contributed by atoms with Gasteiger partial charge in [-0.3, -0.25) is 0 Å². The largest absolute Gasteiger partial charge is 0.378 e. The molecule has 4 rings (SSSR count). The van der Waals surface area contributed by atoms with E-state index in [0.29, 0.717) is 31.4 Å². The van der Waals surface area contributed by atoms with Crippen LogP contribution < -0.4 is 15.1 Å². The maximum atomic E-state index is 14.6. The summed E-state index contributed by atoms with van der Waals surface area (Å²) in [5.41, 5.74) is 1.54. The molecular weight excluding hydrogens is 357 g/mol. The summed E-state index contributed by atoms with van der Waals surface area (Å²) in [6.45, 7) is 7.62. The number of hydrogen-bond donors (Lipinski definition) is 1. The highest BCUT2D eigenvalue weighted by Crippen LogP contribution is 2.24. The van der Waals surface area contributed by atoms with E-state index in [2.05, 4.69) is 27.1 Å². The van der Waals surface area contributed by atoms with E-state index in [1.165, 1.54) is 12.8 Å². The minimum atomic E-state index is -0.188. The zero-order chi connectivity index (χ0) is 19.3. The monoisotopic (exact) mass is 385 g/mol. The second kappa shape index (κ2) is 8.73. The summed E-state index contributed by atoms with van der Waals surface area (Å²) in [5, 5.41) is 3.30. The lowest BCUT2D eigenvalue weighted by atomic mass is 10.0. The zero-order valence-electron chi connectivity index (χ0n) is 16.4. The van der Waals surface area contributed by atoms with Crippen LogP contribution >= 0.6 is 0 Å². The van der Waals surface area contributed by atoms with Crippen LogP contribution in [0.3, 0.4) is 0 Å². The summed E-state index contributed by atoms with van der Waals surface area (Å²) in [6.07, 6.45) is 4.07. The molecule has 1 aromatic heterocycles. The molecule has 1 atom stereocenters. The van der Waals surface area contributed by atoms with E-state index >= 15 is 0 Å². The summed E-state index contributed by atoms with van der Waals surface area (Å²) in [5.74, 6) is 2.22. The Morgan fingerprint density at radius 2 is 2.00 bits per heavy atom. The standard InChI is InChI=1S/C21H28FN5O/c1-16-3-2-6-27(14-16)21-12-20(24-15-25-21)23-13-17-4-5-19(18(22)11-17)26-7-9-28-10-8-26/h4-5,11-12,15-16H,2-3,6-10,13-14H2,1H3,(H,23,24,25). The van der Waals surface area contributed by atoms with Crippen molar-refractivity contribution >= 4 is 17.3 Å². The Balaban J connectivity index is 1.39. The Morgan fingerprint density at radius 1 is 1.14 bits per heavy atom. The predicted octanol–water partition coefficient (Wildman–Crippen LogP) is 3.30. The van der Waals surface area contributed by atoms with Crippen molar-refractivity contribution in [3.05, 3.63) is 42.0 Å². The molecule has 0 bridgehead atoms. The maximum absolute atomic E-state index is 14.6. The molecule has 1 unspecified atom stereocenters. The number of piperidine rings is 1. The van der Waals surface area contributed by atoms with Crippen LogP contribution in [0, 0.1) is 11.7 Å². The maximum Gasteiger partial charge on any atom is 0.146 e. The second-order valence-corrected chi connectivity index (χ2v) is 7.69. The first kappa shape index (κ1) is 18.9. The summed E-state index contributed by atoms with van der Waals surface area (Å²) < 4.78 is 19.9. The first-order valence-electron chi connectivity index (χ1n) is 10.1. The number of nitrogens with one attached hydrogen (secondary N) is 1. The fourth-order valence-electron chi connectivity index (χ4n) is 3.93. The number of rotatable bonds is 5. The van der Waals surface area contributed by atoms with Crippen LogP contribution in [-0.2, 0) is 11.3 Å². The molecule has 2 saturated heterocycles. The van der Waals surface area contributed by atoms with E-state index in [-0.39, 0.29) is 5.82 Å². The van der Waals surface area contributed by atoms with Gasteiger partial charge in [-0.05, 0) is 36.5 Å². The molecule has 1 aromatic carbocycles. The summed E-state index contributed by atoms with van der Waals surface area (Å²) in [7, 11) is 0. The second-order valence-electron chi connectivity index (χ2n) is 7.69. The lowest BCUT2D eigenvalue weighted by Crippen LogP contribution is -2.36. The number of anilines is 3. The van der Waals surface area contributed by atoms with Crippen LogP contribution in [0.2, 0.25) is 0 Å². The first-order valence-corrected chi connectivity index (χ1v) is 10.1. The van der Waals surface area contributed by atoms with Crippen molar-refractivity contribution in [3.8, 4) is 0 Å². The number of halogens is 1. The normalized spacial score (nSPS) is 20.3. The molecular formula is C21H28FN5O. The SMILES string of the molecule is CC1CCCN(c2cc(NCc3ccc(N4CCOCC4)c(F)c3)ncn2)C1. The molecule has 28 heavy (non-hydrogen) atoms. The Hall–Kier alpha value is -2.41. The smallest absolute Gasteiger partial charge is 0.146 e. The lowest BCUT2D eigenvalue weighted by Gasteiger charge is -2.31. The highest BCUT2D eigenvalue weighted by molar-refractivity contribution is 5.51. The van der Waals surface area contributed by atoms with Gasteiger partial charge in [-0.15, -0.1) is 0 Å². The predicted molar refractivity (Wildman–Crippen MR) is 109 cm³/mol. The number of hydrogen-bond acceptors (Lipinski definition) is 6. The molecule has 3 heterocycles. The number of benzene rings is 1. The van der Waals surface area contributed by atoms with Gasteiger partial charge >= 0.3 is 0 Å². The van der Waals surface area contributed by atoms with Gasteiger partial charge < -0.3 is 19.9 Å². The van der Waals surface area contributed by atoms with Gasteiger partial charge in [-0.25, -0.2) is 14.4 Å². The Morgan fingerprint density at radius 3 is 2.79 bits per heavy atom. The third kappa shape index (κ3) is 4.52. The molecule has 0 aliphatic carbocycles. The highest BCUT2D eigenvalue weighted by atomic mass is 19.1. The third-order valence-electron chi connectivity index (χ3n) is 5.47. The van der Waals surface area contributed by atoms with Crippen LogP contribution in [0.25, 0.3) is 0 Å². The van der Waals surface area contributed by atoms with Crippen molar-refractivity contribution in [1.82, 2.24) is 9.97 Å². The summed E-state index contributed by atoms with van der Waals surface area (Å²) in [4.78, 5) is 13.1. The van der Waals surface area contributed by atoms with Crippen LogP contribution in [0.5, 0.6) is 0 Å². The molecule has 6 nitrogen and oxygen atoms in total. The minimum absolute atomic E-state index is 0.188. The number of morpholine rings is 1. The molecule has 0 spiro atoms. The highest BCUT2D eigenvalue weighted by Gasteiger charge is 2.18. The first-order chi connectivity index (χ1) is 13.7. The zero-order valence-corrected chi connectivity index (χ0v) is 16.4. The number of aromatic nitrogens is 2. The molecule has 0 amide bonds. The fourth-order valence-corrected chi connectivity index (χ4v) is 3.93. The summed E-state index contributed by atoms with van der Waals surface area (Å²) in [6, 6.07) is 7.41. The Labute approximate surface area is 165 Å². The van der Waals surface area contributed by atoms with Crippen molar-refractivity contribution < 1.29 is 9.13 Å². The molecule has 1 N–H and O–H groups in total. The van der Waals surface area contributed by atoms with Gasteiger partial charge in [0.1, 0.15) is 23.8 Å². The van der Waals surface area contributed by atoms with Crippen molar-refractivity contribution in [3.63, 3.8) is 0 Å². The average molecular weight is 385 g/mol. The van der Waals surface area contributed by atoms with E-state index in [0.717, 1.165) is 43.4 Å². The topological polar surface area (TPSA) is 53.5 Å². The van der Waals surface area contributed by atoms with Crippen LogP contribution in [0.1, 0.15) is 25.3 Å². The van der Waals surface area contributed by atoms with Gasteiger partial charge in [-0.2, -0.15) is 0 Å². The van der Waals surface area contributed by atoms with E-state index < -0.39 is 0 Å². The van der Waals surface area contributed by atoms with Gasteiger partial charge in [0.15, 0.2) is 0 Å². The van der Waals surface area contributed by atoms with Crippen LogP contribution in [0.4, 0.5) is 21.7 Å². The quantitative estimate of drug-likeness (QED) is 0.852. The number of nitrogens with zero attached hydrogens (tertiary/aromatic N) is 4. The average Bonchev–Trinajstić information content (AvgIpc) is 2.73.